The second-order valence-corrected chi connectivity index (χ2v) is 8.96. The van der Waals surface area contributed by atoms with E-state index >= 15 is 0 Å². The predicted octanol–water partition coefficient (Wildman–Crippen LogP) is 5.62. The van der Waals surface area contributed by atoms with E-state index in [0.717, 1.165) is 20.9 Å². The maximum Gasteiger partial charge on any atom is 0.200 e. The Kier molecular flexibility index (Phi) is 5.23. The minimum Gasteiger partial charge on any atom is -0.219 e. The number of benzene rings is 2. The summed E-state index contributed by atoms with van der Waals surface area (Å²) >= 11 is 3.01. The van der Waals surface area contributed by atoms with Gasteiger partial charge in [0.15, 0.2) is 0 Å². The van der Waals surface area contributed by atoms with Gasteiger partial charge in [0.25, 0.3) is 0 Å². The summed E-state index contributed by atoms with van der Waals surface area (Å²) in [6.07, 6.45) is 0. The second kappa shape index (κ2) is 7.38. The van der Waals surface area contributed by atoms with Crippen molar-refractivity contribution in [2.24, 2.45) is 0 Å². The number of sulfone groups is 1. The molecule has 122 valence electrons. The van der Waals surface area contributed by atoms with Crippen LogP contribution in [-0.4, -0.2) is 8.42 Å². The molecule has 0 spiro atoms. The van der Waals surface area contributed by atoms with Crippen LogP contribution in [0.15, 0.2) is 86.6 Å². The third-order valence-electron chi connectivity index (χ3n) is 3.39. The summed E-state index contributed by atoms with van der Waals surface area (Å²) in [6, 6.07) is 18.7. The van der Waals surface area contributed by atoms with Crippen molar-refractivity contribution in [2.75, 3.05) is 0 Å². The molecular weight excluding hydrogens is 356 g/mol. The zero-order chi connectivity index (χ0) is 17.0. The highest BCUT2D eigenvalue weighted by atomic mass is 32.2. The Bertz CT molecular complexity index is 924. The van der Waals surface area contributed by atoms with Gasteiger partial charge >= 0.3 is 0 Å². The average Bonchev–Trinajstić information content (AvgIpc) is 3.10. The molecule has 0 aliphatic carbocycles. The first kappa shape index (κ1) is 17.0. The second-order valence-electron chi connectivity index (χ2n) is 5.27. The summed E-state index contributed by atoms with van der Waals surface area (Å²) in [4.78, 5) is 2.05. The van der Waals surface area contributed by atoms with Gasteiger partial charge in [0, 0.05) is 9.80 Å². The molecule has 0 aliphatic heterocycles. The highest BCUT2D eigenvalue weighted by Gasteiger charge is 2.15. The topological polar surface area (TPSA) is 34.1 Å². The minimum absolute atomic E-state index is 0.314. The van der Waals surface area contributed by atoms with Crippen LogP contribution in [0, 0.1) is 6.92 Å². The van der Waals surface area contributed by atoms with E-state index in [9.17, 15) is 8.42 Å². The molecule has 0 unspecified atom stereocenters. The van der Waals surface area contributed by atoms with Gasteiger partial charge in [-0.2, -0.15) is 11.3 Å². The van der Waals surface area contributed by atoms with Crippen molar-refractivity contribution in [1.82, 2.24) is 0 Å². The molecule has 0 aliphatic rings. The summed E-state index contributed by atoms with van der Waals surface area (Å²) in [5, 5.41) is 5.29. The molecule has 0 atom stereocenters. The predicted molar refractivity (Wildman–Crippen MR) is 103 cm³/mol. The Morgan fingerprint density at radius 3 is 2.33 bits per heavy atom. The maximum absolute atomic E-state index is 12.8. The normalized spacial score (nSPS) is 12.3. The Balaban J connectivity index is 2.01. The molecule has 1 heterocycles. The standard InChI is InChI=1S/C19H16O2S3/c1-15-7-9-18(10-8-15)24(20,21)14-19(16-11-12-22-13-16)23-17-5-3-2-4-6-17/h2-14H,1H3/b19-14-. The third kappa shape index (κ3) is 4.17. The van der Waals surface area contributed by atoms with Crippen LogP contribution in [0.2, 0.25) is 0 Å². The number of aryl methyl sites for hydroxylation is 1. The van der Waals surface area contributed by atoms with Gasteiger partial charge in [0.2, 0.25) is 9.84 Å². The number of hydrogen-bond donors (Lipinski definition) is 0. The molecule has 0 saturated carbocycles. The van der Waals surface area contributed by atoms with Crippen LogP contribution in [0.3, 0.4) is 0 Å². The van der Waals surface area contributed by atoms with Crippen LogP contribution in [0.4, 0.5) is 0 Å². The van der Waals surface area contributed by atoms with Crippen molar-refractivity contribution in [3.8, 4) is 0 Å². The van der Waals surface area contributed by atoms with Gasteiger partial charge < -0.3 is 0 Å². The molecular formula is C19H16O2S3. The summed E-state index contributed by atoms with van der Waals surface area (Å²) < 4.78 is 25.5. The van der Waals surface area contributed by atoms with Gasteiger partial charge in [-0.25, -0.2) is 8.42 Å². The Morgan fingerprint density at radius 2 is 1.71 bits per heavy atom. The fraction of sp³-hybridized carbons (Fsp3) is 0.0526. The van der Waals surface area contributed by atoms with Gasteiger partial charge in [-0.15, -0.1) is 0 Å². The lowest BCUT2D eigenvalue weighted by Crippen LogP contribution is -1.97. The van der Waals surface area contributed by atoms with Crippen LogP contribution in [0.25, 0.3) is 4.91 Å². The molecule has 3 rings (SSSR count). The molecule has 2 nitrogen and oxygen atoms in total. The molecule has 0 radical (unpaired) electrons. The van der Waals surface area contributed by atoms with E-state index in [1.54, 1.807) is 23.5 Å². The summed E-state index contributed by atoms with van der Waals surface area (Å²) in [5.74, 6) is 0. The summed E-state index contributed by atoms with van der Waals surface area (Å²) in [5.41, 5.74) is 1.96. The Morgan fingerprint density at radius 1 is 1.00 bits per heavy atom. The number of hydrogen-bond acceptors (Lipinski definition) is 4. The highest BCUT2D eigenvalue weighted by molar-refractivity contribution is 8.09. The van der Waals surface area contributed by atoms with Crippen LogP contribution in [0.1, 0.15) is 11.1 Å². The summed E-state index contributed by atoms with van der Waals surface area (Å²) in [7, 11) is -3.50. The fourth-order valence-electron chi connectivity index (χ4n) is 2.11. The van der Waals surface area contributed by atoms with Crippen LogP contribution in [0.5, 0.6) is 0 Å². The zero-order valence-electron chi connectivity index (χ0n) is 13.0. The Labute approximate surface area is 150 Å². The van der Waals surface area contributed by atoms with E-state index in [0.29, 0.717) is 4.90 Å². The van der Waals surface area contributed by atoms with Gasteiger partial charge in [-0.05, 0) is 53.6 Å². The minimum atomic E-state index is -3.50. The van der Waals surface area contributed by atoms with Crippen LogP contribution in [-0.2, 0) is 9.84 Å². The number of thiophene rings is 1. The lowest BCUT2D eigenvalue weighted by molar-refractivity contribution is 0.605. The van der Waals surface area contributed by atoms with E-state index in [2.05, 4.69) is 0 Å². The summed E-state index contributed by atoms with van der Waals surface area (Å²) in [6.45, 7) is 1.94. The van der Waals surface area contributed by atoms with E-state index < -0.39 is 9.84 Å². The van der Waals surface area contributed by atoms with E-state index in [1.807, 2.05) is 66.2 Å². The van der Waals surface area contributed by atoms with Crippen LogP contribution < -0.4 is 0 Å². The van der Waals surface area contributed by atoms with Crippen molar-refractivity contribution in [3.05, 3.63) is 88.0 Å². The van der Waals surface area contributed by atoms with E-state index in [1.165, 1.54) is 17.2 Å². The van der Waals surface area contributed by atoms with Crippen molar-refractivity contribution >= 4 is 37.8 Å². The molecule has 3 aromatic rings. The molecule has 0 bridgehead atoms. The molecule has 5 heteroatoms. The molecule has 0 N–H and O–H groups in total. The van der Waals surface area contributed by atoms with Crippen LogP contribution >= 0.6 is 23.1 Å². The first-order chi connectivity index (χ1) is 11.5. The number of rotatable bonds is 5. The molecule has 0 amide bonds. The fourth-order valence-corrected chi connectivity index (χ4v) is 5.27. The smallest absolute Gasteiger partial charge is 0.200 e. The average molecular weight is 373 g/mol. The maximum atomic E-state index is 12.8. The molecule has 0 saturated heterocycles. The first-order valence-corrected chi connectivity index (χ1v) is 10.6. The molecule has 24 heavy (non-hydrogen) atoms. The molecule has 0 fully saturated rings. The largest absolute Gasteiger partial charge is 0.219 e. The Hall–Kier alpha value is -1.82. The zero-order valence-corrected chi connectivity index (χ0v) is 15.5. The number of thioether (sulfide) groups is 1. The third-order valence-corrected chi connectivity index (χ3v) is 6.78. The lowest BCUT2D eigenvalue weighted by Gasteiger charge is -2.07. The monoisotopic (exact) mass is 372 g/mol. The molecule has 1 aromatic heterocycles. The molecule has 2 aromatic carbocycles. The van der Waals surface area contributed by atoms with E-state index in [-0.39, 0.29) is 0 Å². The highest BCUT2D eigenvalue weighted by Crippen LogP contribution is 2.36. The van der Waals surface area contributed by atoms with Gasteiger partial charge in [-0.1, -0.05) is 47.7 Å². The van der Waals surface area contributed by atoms with Crippen molar-refractivity contribution in [1.29, 1.82) is 0 Å². The van der Waals surface area contributed by atoms with Crippen molar-refractivity contribution in [3.63, 3.8) is 0 Å². The SMILES string of the molecule is Cc1ccc(S(=O)(=O)/C=C(\Sc2ccccc2)c2ccsc2)cc1. The quantitative estimate of drug-likeness (QED) is 0.545. The van der Waals surface area contributed by atoms with Crippen molar-refractivity contribution in [2.45, 2.75) is 16.7 Å². The lowest BCUT2D eigenvalue weighted by atomic mass is 10.2. The van der Waals surface area contributed by atoms with Gasteiger partial charge in [0.1, 0.15) is 0 Å². The van der Waals surface area contributed by atoms with Gasteiger partial charge in [-0.3, -0.25) is 0 Å². The van der Waals surface area contributed by atoms with E-state index in [4.69, 9.17) is 0 Å². The van der Waals surface area contributed by atoms with Gasteiger partial charge in [0.05, 0.1) is 10.3 Å². The van der Waals surface area contributed by atoms with Crippen molar-refractivity contribution < 1.29 is 8.42 Å². The first-order valence-electron chi connectivity index (χ1n) is 7.33.